The van der Waals surface area contributed by atoms with Gasteiger partial charge in [-0.3, -0.25) is 0 Å². The summed E-state index contributed by atoms with van der Waals surface area (Å²) in [5.41, 5.74) is 7.19. The van der Waals surface area contributed by atoms with Crippen molar-refractivity contribution < 1.29 is 9.84 Å². The molecule has 0 heterocycles. The van der Waals surface area contributed by atoms with Gasteiger partial charge in [-0.05, 0) is 31.5 Å². The standard InChI is InChI=1S/C10H15NO2/c1-6-4-8(13-3)5-9(7(2)11)10(6)12/h4-5,7,12H,11H2,1-3H3/t7-/m1/s1. The Labute approximate surface area is 78.1 Å². The number of methoxy groups -OCH3 is 1. The third kappa shape index (κ3) is 1.92. The fourth-order valence-corrected chi connectivity index (χ4v) is 1.24. The molecule has 1 aromatic carbocycles. The van der Waals surface area contributed by atoms with E-state index in [2.05, 4.69) is 0 Å². The van der Waals surface area contributed by atoms with E-state index >= 15 is 0 Å². The summed E-state index contributed by atoms with van der Waals surface area (Å²) in [6.07, 6.45) is 0. The van der Waals surface area contributed by atoms with Crippen LogP contribution in [0.4, 0.5) is 0 Å². The van der Waals surface area contributed by atoms with Crippen molar-refractivity contribution in [2.24, 2.45) is 5.73 Å². The first-order valence-electron chi connectivity index (χ1n) is 4.19. The first-order chi connectivity index (χ1) is 6.06. The second-order valence-corrected chi connectivity index (χ2v) is 3.17. The van der Waals surface area contributed by atoms with E-state index in [1.54, 1.807) is 19.2 Å². The van der Waals surface area contributed by atoms with Crippen LogP contribution in [0, 0.1) is 6.92 Å². The van der Waals surface area contributed by atoms with Gasteiger partial charge in [0, 0.05) is 11.6 Å². The molecule has 3 nitrogen and oxygen atoms in total. The maximum atomic E-state index is 9.65. The van der Waals surface area contributed by atoms with Gasteiger partial charge in [0.2, 0.25) is 0 Å². The van der Waals surface area contributed by atoms with E-state index < -0.39 is 0 Å². The van der Waals surface area contributed by atoms with Gasteiger partial charge < -0.3 is 15.6 Å². The zero-order chi connectivity index (χ0) is 10.0. The predicted molar refractivity (Wildman–Crippen MR) is 52.0 cm³/mol. The summed E-state index contributed by atoms with van der Waals surface area (Å²) in [7, 11) is 1.59. The quantitative estimate of drug-likeness (QED) is 0.730. The van der Waals surface area contributed by atoms with Crippen molar-refractivity contribution in [1.82, 2.24) is 0 Å². The number of nitrogens with two attached hydrogens (primary N) is 1. The molecule has 0 aromatic heterocycles. The molecular weight excluding hydrogens is 166 g/mol. The molecular formula is C10H15NO2. The Balaban J connectivity index is 3.25. The second kappa shape index (κ2) is 3.66. The molecule has 0 bridgehead atoms. The zero-order valence-corrected chi connectivity index (χ0v) is 8.16. The predicted octanol–water partition coefficient (Wildman–Crippen LogP) is 1.73. The molecule has 0 radical (unpaired) electrons. The Kier molecular flexibility index (Phi) is 2.78. The van der Waals surface area contributed by atoms with Crippen LogP contribution in [0.1, 0.15) is 24.1 Å². The van der Waals surface area contributed by atoms with Crippen LogP contribution >= 0.6 is 0 Å². The molecule has 1 aromatic rings. The molecule has 3 N–H and O–H groups in total. The Bertz CT molecular complexity index is 308. The van der Waals surface area contributed by atoms with Crippen LogP contribution in [0.2, 0.25) is 0 Å². The van der Waals surface area contributed by atoms with Crippen LogP contribution in [0.3, 0.4) is 0 Å². The number of hydrogen-bond donors (Lipinski definition) is 2. The van der Waals surface area contributed by atoms with E-state index in [1.165, 1.54) is 0 Å². The first kappa shape index (κ1) is 9.86. The number of aromatic hydroxyl groups is 1. The molecule has 0 aliphatic rings. The van der Waals surface area contributed by atoms with Crippen molar-refractivity contribution in [3.05, 3.63) is 23.3 Å². The van der Waals surface area contributed by atoms with Gasteiger partial charge in [-0.1, -0.05) is 0 Å². The van der Waals surface area contributed by atoms with Gasteiger partial charge in [0.1, 0.15) is 11.5 Å². The van der Waals surface area contributed by atoms with Gasteiger partial charge in [0.15, 0.2) is 0 Å². The third-order valence-corrected chi connectivity index (χ3v) is 2.03. The smallest absolute Gasteiger partial charge is 0.123 e. The number of hydrogen-bond acceptors (Lipinski definition) is 3. The first-order valence-corrected chi connectivity index (χ1v) is 4.19. The Morgan fingerprint density at radius 1 is 1.46 bits per heavy atom. The number of aryl methyl sites for hydroxylation is 1. The summed E-state index contributed by atoms with van der Waals surface area (Å²) >= 11 is 0. The van der Waals surface area contributed by atoms with Gasteiger partial charge >= 0.3 is 0 Å². The minimum absolute atomic E-state index is 0.186. The van der Waals surface area contributed by atoms with Crippen LogP contribution in [0.15, 0.2) is 12.1 Å². The SMILES string of the molecule is COc1cc(C)c(O)c([C@@H](C)N)c1. The fourth-order valence-electron chi connectivity index (χ4n) is 1.24. The normalized spacial score (nSPS) is 12.6. The van der Waals surface area contributed by atoms with Crippen LogP contribution in [0.25, 0.3) is 0 Å². The maximum Gasteiger partial charge on any atom is 0.123 e. The van der Waals surface area contributed by atoms with Crippen molar-refractivity contribution in [1.29, 1.82) is 0 Å². The number of phenols is 1. The number of phenolic OH excluding ortho intramolecular Hbond substituents is 1. The topological polar surface area (TPSA) is 55.5 Å². The fraction of sp³-hybridized carbons (Fsp3) is 0.400. The summed E-state index contributed by atoms with van der Waals surface area (Å²) in [5, 5.41) is 9.65. The molecule has 72 valence electrons. The summed E-state index contributed by atoms with van der Waals surface area (Å²) in [6.45, 7) is 3.65. The molecule has 0 aliphatic heterocycles. The molecule has 1 rings (SSSR count). The summed E-state index contributed by atoms with van der Waals surface area (Å²) in [6, 6.07) is 3.35. The van der Waals surface area contributed by atoms with Crippen molar-refractivity contribution in [3.63, 3.8) is 0 Å². The molecule has 0 spiro atoms. The monoisotopic (exact) mass is 181 g/mol. The van der Waals surface area contributed by atoms with Crippen LogP contribution < -0.4 is 10.5 Å². The number of benzene rings is 1. The molecule has 13 heavy (non-hydrogen) atoms. The van der Waals surface area contributed by atoms with E-state index in [4.69, 9.17) is 10.5 Å². The van der Waals surface area contributed by atoms with E-state index in [-0.39, 0.29) is 11.8 Å². The molecule has 0 unspecified atom stereocenters. The van der Waals surface area contributed by atoms with Crippen molar-refractivity contribution in [3.8, 4) is 11.5 Å². The Morgan fingerprint density at radius 2 is 2.08 bits per heavy atom. The average Bonchev–Trinajstić information content (AvgIpc) is 2.09. The summed E-state index contributed by atoms with van der Waals surface area (Å²) in [5.74, 6) is 0.985. The van der Waals surface area contributed by atoms with E-state index in [0.29, 0.717) is 0 Å². The third-order valence-electron chi connectivity index (χ3n) is 2.03. The van der Waals surface area contributed by atoms with Gasteiger partial charge in [-0.2, -0.15) is 0 Å². The lowest BCUT2D eigenvalue weighted by Gasteiger charge is -2.12. The van der Waals surface area contributed by atoms with Crippen molar-refractivity contribution >= 4 is 0 Å². The Morgan fingerprint density at radius 3 is 2.54 bits per heavy atom. The lowest BCUT2D eigenvalue weighted by Crippen LogP contribution is -2.06. The number of ether oxygens (including phenoxy) is 1. The molecule has 0 fully saturated rings. The molecule has 0 aliphatic carbocycles. The Hall–Kier alpha value is -1.22. The molecule has 0 saturated heterocycles. The number of rotatable bonds is 2. The molecule has 0 amide bonds. The highest BCUT2D eigenvalue weighted by Crippen LogP contribution is 2.30. The minimum Gasteiger partial charge on any atom is -0.507 e. The van der Waals surface area contributed by atoms with Crippen LogP contribution in [-0.4, -0.2) is 12.2 Å². The van der Waals surface area contributed by atoms with Gasteiger partial charge in [0.05, 0.1) is 7.11 Å². The molecule has 3 heteroatoms. The maximum absolute atomic E-state index is 9.65. The highest BCUT2D eigenvalue weighted by molar-refractivity contribution is 5.46. The van der Waals surface area contributed by atoms with Crippen LogP contribution in [-0.2, 0) is 0 Å². The molecule has 0 saturated carbocycles. The summed E-state index contributed by atoms with van der Waals surface area (Å²) < 4.78 is 5.07. The van der Waals surface area contributed by atoms with E-state index in [0.717, 1.165) is 16.9 Å². The van der Waals surface area contributed by atoms with Crippen molar-refractivity contribution in [2.75, 3.05) is 7.11 Å². The minimum atomic E-state index is -0.186. The average molecular weight is 181 g/mol. The van der Waals surface area contributed by atoms with E-state index in [1.807, 2.05) is 13.8 Å². The largest absolute Gasteiger partial charge is 0.507 e. The second-order valence-electron chi connectivity index (χ2n) is 3.17. The highest BCUT2D eigenvalue weighted by Gasteiger charge is 2.10. The lowest BCUT2D eigenvalue weighted by atomic mass is 10.0. The zero-order valence-electron chi connectivity index (χ0n) is 8.16. The molecule has 1 atom stereocenters. The van der Waals surface area contributed by atoms with Crippen molar-refractivity contribution in [2.45, 2.75) is 19.9 Å². The van der Waals surface area contributed by atoms with E-state index in [9.17, 15) is 5.11 Å². The summed E-state index contributed by atoms with van der Waals surface area (Å²) in [4.78, 5) is 0. The van der Waals surface area contributed by atoms with Gasteiger partial charge in [-0.15, -0.1) is 0 Å². The lowest BCUT2D eigenvalue weighted by molar-refractivity contribution is 0.408. The van der Waals surface area contributed by atoms with Gasteiger partial charge in [-0.25, -0.2) is 0 Å². The van der Waals surface area contributed by atoms with Crippen LogP contribution in [0.5, 0.6) is 11.5 Å². The highest BCUT2D eigenvalue weighted by atomic mass is 16.5. The van der Waals surface area contributed by atoms with Gasteiger partial charge in [0.25, 0.3) is 0 Å².